The summed E-state index contributed by atoms with van der Waals surface area (Å²) < 4.78 is 0. The van der Waals surface area contributed by atoms with E-state index in [1.807, 2.05) is 18.2 Å². The van der Waals surface area contributed by atoms with Crippen LogP contribution in [0.3, 0.4) is 0 Å². The van der Waals surface area contributed by atoms with Crippen molar-refractivity contribution in [3.05, 3.63) is 29.8 Å². The Morgan fingerprint density at radius 3 is 2.74 bits per heavy atom. The van der Waals surface area contributed by atoms with E-state index in [0.29, 0.717) is 31.0 Å². The summed E-state index contributed by atoms with van der Waals surface area (Å²) in [5, 5.41) is 3.07. The molecule has 0 spiro atoms. The van der Waals surface area contributed by atoms with Crippen LogP contribution in [0, 0.1) is 5.92 Å². The average Bonchev–Trinajstić information content (AvgIpc) is 2.49. The molecule has 1 aliphatic heterocycles. The normalized spacial score (nSPS) is 21.8. The highest BCUT2D eigenvalue weighted by Gasteiger charge is 2.26. The number of carbonyl (C=O) groups is 1. The number of anilines is 1. The van der Waals surface area contributed by atoms with Crippen molar-refractivity contribution in [3.63, 3.8) is 0 Å². The van der Waals surface area contributed by atoms with Crippen molar-refractivity contribution in [1.29, 1.82) is 0 Å². The predicted molar refractivity (Wildman–Crippen MR) is 99.2 cm³/mol. The topological polar surface area (TPSA) is 58.4 Å². The van der Waals surface area contributed by atoms with Crippen molar-refractivity contribution in [1.82, 2.24) is 4.90 Å². The largest absolute Gasteiger partial charge is 0.329 e. The molecule has 1 aliphatic rings. The molecule has 1 aromatic rings. The fourth-order valence-electron chi connectivity index (χ4n) is 3.24. The number of hydrogen-bond acceptors (Lipinski definition) is 3. The molecule has 5 heteroatoms. The molecule has 0 saturated carbocycles. The maximum atomic E-state index is 12.4. The van der Waals surface area contributed by atoms with Gasteiger partial charge >= 0.3 is 0 Å². The molecule has 130 valence electrons. The van der Waals surface area contributed by atoms with Gasteiger partial charge in [0.25, 0.3) is 0 Å². The van der Waals surface area contributed by atoms with E-state index in [0.717, 1.165) is 25.1 Å². The fraction of sp³-hybridized carbons (Fsp3) is 0.611. The standard InChI is InChI=1S/C18H29N3O.ClH/c1-13(2)16-6-4-5-7-17(16)20-18(22)12-21-9-8-14(3)10-15(21)11-19;/h4-7,13-15H,8-12,19H2,1-3H3,(H,20,22);1H. The van der Waals surface area contributed by atoms with Gasteiger partial charge in [0.05, 0.1) is 6.54 Å². The van der Waals surface area contributed by atoms with Crippen molar-refractivity contribution >= 4 is 24.0 Å². The summed E-state index contributed by atoms with van der Waals surface area (Å²) in [7, 11) is 0. The Balaban J connectivity index is 0.00000264. The van der Waals surface area contributed by atoms with Crippen LogP contribution in [0.5, 0.6) is 0 Å². The lowest BCUT2D eigenvalue weighted by Crippen LogP contribution is -2.49. The van der Waals surface area contributed by atoms with E-state index in [9.17, 15) is 4.79 Å². The number of para-hydroxylation sites is 1. The first-order valence-corrected chi connectivity index (χ1v) is 8.34. The van der Waals surface area contributed by atoms with Gasteiger partial charge in [-0.2, -0.15) is 0 Å². The zero-order chi connectivity index (χ0) is 16.1. The molecule has 1 heterocycles. The van der Waals surface area contributed by atoms with Crippen LogP contribution in [0.25, 0.3) is 0 Å². The van der Waals surface area contributed by atoms with Crippen LogP contribution < -0.4 is 11.1 Å². The van der Waals surface area contributed by atoms with E-state index >= 15 is 0 Å². The van der Waals surface area contributed by atoms with E-state index in [4.69, 9.17) is 5.73 Å². The first-order chi connectivity index (χ1) is 10.5. The van der Waals surface area contributed by atoms with Crippen LogP contribution >= 0.6 is 12.4 Å². The zero-order valence-corrected chi connectivity index (χ0v) is 15.2. The molecule has 1 fully saturated rings. The Morgan fingerprint density at radius 1 is 1.39 bits per heavy atom. The van der Waals surface area contributed by atoms with Gasteiger partial charge in [0, 0.05) is 18.3 Å². The molecule has 1 saturated heterocycles. The molecule has 23 heavy (non-hydrogen) atoms. The van der Waals surface area contributed by atoms with Gasteiger partial charge < -0.3 is 11.1 Å². The number of nitrogens with two attached hydrogens (primary N) is 1. The third-order valence-corrected chi connectivity index (χ3v) is 4.58. The quantitative estimate of drug-likeness (QED) is 0.865. The number of nitrogens with zero attached hydrogens (tertiary/aromatic N) is 1. The molecular formula is C18H30ClN3O. The zero-order valence-electron chi connectivity index (χ0n) is 14.4. The molecule has 1 amide bonds. The summed E-state index contributed by atoms with van der Waals surface area (Å²) >= 11 is 0. The Hall–Kier alpha value is -1.10. The maximum absolute atomic E-state index is 12.4. The van der Waals surface area contributed by atoms with E-state index in [2.05, 4.69) is 37.1 Å². The molecule has 0 radical (unpaired) electrons. The Kier molecular flexibility index (Phi) is 8.03. The Labute approximate surface area is 146 Å². The Bertz CT molecular complexity index is 507. The molecule has 1 aromatic carbocycles. The lowest BCUT2D eigenvalue weighted by atomic mass is 9.92. The number of benzene rings is 1. The third kappa shape index (κ3) is 5.48. The third-order valence-electron chi connectivity index (χ3n) is 4.58. The van der Waals surface area contributed by atoms with Crippen molar-refractivity contribution < 1.29 is 4.79 Å². The molecule has 2 rings (SSSR count). The number of amides is 1. The summed E-state index contributed by atoms with van der Waals surface area (Å²) in [4.78, 5) is 14.6. The highest BCUT2D eigenvalue weighted by Crippen LogP contribution is 2.24. The van der Waals surface area contributed by atoms with Crippen molar-refractivity contribution in [3.8, 4) is 0 Å². The van der Waals surface area contributed by atoms with E-state index < -0.39 is 0 Å². The first-order valence-electron chi connectivity index (χ1n) is 8.34. The van der Waals surface area contributed by atoms with Crippen LogP contribution in [0.2, 0.25) is 0 Å². The highest BCUT2D eigenvalue weighted by molar-refractivity contribution is 5.93. The minimum atomic E-state index is 0. The summed E-state index contributed by atoms with van der Waals surface area (Å²) in [5.41, 5.74) is 7.98. The molecule has 2 unspecified atom stereocenters. The summed E-state index contributed by atoms with van der Waals surface area (Å²) in [6.07, 6.45) is 2.23. The van der Waals surface area contributed by atoms with Gasteiger partial charge in [-0.05, 0) is 42.9 Å². The molecule has 3 N–H and O–H groups in total. The van der Waals surface area contributed by atoms with Gasteiger partial charge in [-0.3, -0.25) is 9.69 Å². The van der Waals surface area contributed by atoms with E-state index in [1.165, 1.54) is 5.56 Å². The van der Waals surface area contributed by atoms with Crippen LogP contribution in [0.1, 0.15) is 45.1 Å². The van der Waals surface area contributed by atoms with E-state index in [1.54, 1.807) is 0 Å². The second kappa shape index (κ2) is 9.26. The summed E-state index contributed by atoms with van der Waals surface area (Å²) in [6, 6.07) is 8.36. The summed E-state index contributed by atoms with van der Waals surface area (Å²) in [5.74, 6) is 1.15. The number of hydrogen-bond donors (Lipinski definition) is 2. The number of rotatable bonds is 5. The molecule has 2 atom stereocenters. The van der Waals surface area contributed by atoms with E-state index in [-0.39, 0.29) is 18.3 Å². The van der Waals surface area contributed by atoms with Crippen LogP contribution in [0.15, 0.2) is 24.3 Å². The number of likely N-dealkylation sites (tertiary alicyclic amines) is 1. The average molecular weight is 340 g/mol. The highest BCUT2D eigenvalue weighted by atomic mass is 35.5. The smallest absolute Gasteiger partial charge is 0.238 e. The SMILES string of the molecule is CC1CCN(CC(=O)Nc2ccccc2C(C)C)C(CN)C1.Cl. The van der Waals surface area contributed by atoms with Crippen molar-refractivity contribution in [2.45, 2.75) is 45.6 Å². The van der Waals surface area contributed by atoms with Crippen LogP contribution in [-0.4, -0.2) is 36.5 Å². The van der Waals surface area contributed by atoms with Crippen molar-refractivity contribution in [2.24, 2.45) is 11.7 Å². The van der Waals surface area contributed by atoms with Gasteiger partial charge in [0.1, 0.15) is 0 Å². The molecule has 4 nitrogen and oxygen atoms in total. The van der Waals surface area contributed by atoms with Gasteiger partial charge in [-0.15, -0.1) is 12.4 Å². The predicted octanol–water partition coefficient (Wildman–Crippen LogP) is 3.23. The molecular weight excluding hydrogens is 310 g/mol. The van der Waals surface area contributed by atoms with Gasteiger partial charge in [0.2, 0.25) is 5.91 Å². The number of piperidine rings is 1. The molecule has 0 bridgehead atoms. The lowest BCUT2D eigenvalue weighted by Gasteiger charge is -2.37. The number of nitrogens with one attached hydrogen (secondary N) is 1. The lowest BCUT2D eigenvalue weighted by molar-refractivity contribution is -0.118. The van der Waals surface area contributed by atoms with Gasteiger partial charge in [-0.1, -0.05) is 39.0 Å². The monoisotopic (exact) mass is 339 g/mol. The summed E-state index contributed by atoms with van der Waals surface area (Å²) in [6.45, 7) is 8.56. The number of carbonyl (C=O) groups excluding carboxylic acids is 1. The first kappa shape index (κ1) is 19.9. The minimum absolute atomic E-state index is 0. The maximum Gasteiger partial charge on any atom is 0.238 e. The second-order valence-corrected chi connectivity index (χ2v) is 6.78. The second-order valence-electron chi connectivity index (χ2n) is 6.78. The number of halogens is 1. The minimum Gasteiger partial charge on any atom is -0.329 e. The van der Waals surface area contributed by atoms with Gasteiger partial charge in [-0.25, -0.2) is 0 Å². The molecule has 0 aliphatic carbocycles. The van der Waals surface area contributed by atoms with Crippen LogP contribution in [0.4, 0.5) is 5.69 Å². The molecule has 0 aromatic heterocycles. The fourth-order valence-corrected chi connectivity index (χ4v) is 3.24. The van der Waals surface area contributed by atoms with Crippen molar-refractivity contribution in [2.75, 3.05) is 25.0 Å². The van der Waals surface area contributed by atoms with Crippen LogP contribution in [-0.2, 0) is 4.79 Å². The Morgan fingerprint density at radius 2 is 2.09 bits per heavy atom. The van der Waals surface area contributed by atoms with Gasteiger partial charge in [0.15, 0.2) is 0 Å².